The number of nitrogens with one attached hydrogen (secondary N) is 1. The average molecular weight is 254 g/mol. The van der Waals surface area contributed by atoms with Crippen LogP contribution < -0.4 is 5.32 Å². The van der Waals surface area contributed by atoms with Crippen LogP contribution in [0.2, 0.25) is 0 Å². The second-order valence-electron chi connectivity index (χ2n) is 4.35. The molecule has 0 aliphatic heterocycles. The van der Waals surface area contributed by atoms with Crippen molar-refractivity contribution in [2.24, 2.45) is 0 Å². The molecule has 1 radical (unpaired) electrons. The van der Waals surface area contributed by atoms with E-state index in [0.29, 0.717) is 6.54 Å². The number of amides is 1. The quantitative estimate of drug-likeness (QED) is 0.874. The van der Waals surface area contributed by atoms with Crippen LogP contribution in [0.25, 0.3) is 0 Å². The van der Waals surface area contributed by atoms with Crippen LogP contribution in [0.3, 0.4) is 0 Å². The fourth-order valence-electron chi connectivity index (χ4n) is 1.96. The number of hydrogen-bond acceptors (Lipinski definition) is 1. The molecule has 1 N–H and O–H groups in total. The molecular formula is C16H16NO2. The second kappa shape index (κ2) is 6.71. The molecule has 0 aromatic heterocycles. The van der Waals surface area contributed by atoms with Gasteiger partial charge >= 0.3 is 0 Å². The van der Waals surface area contributed by atoms with E-state index in [9.17, 15) is 9.90 Å². The molecule has 2 aromatic rings. The summed E-state index contributed by atoms with van der Waals surface area (Å²) in [4.78, 5) is 11.0. The van der Waals surface area contributed by atoms with E-state index in [-0.39, 0.29) is 0 Å². The maximum Gasteiger partial charge on any atom is 0.249 e. The van der Waals surface area contributed by atoms with Crippen molar-refractivity contribution in [2.75, 3.05) is 6.61 Å². The molecule has 2 aromatic carbocycles. The van der Waals surface area contributed by atoms with E-state index >= 15 is 0 Å². The summed E-state index contributed by atoms with van der Waals surface area (Å²) < 4.78 is 0. The molecule has 0 aliphatic carbocycles. The van der Waals surface area contributed by atoms with Crippen molar-refractivity contribution in [1.82, 2.24) is 5.32 Å². The Labute approximate surface area is 112 Å². The number of carbonyl (C=O) groups is 1. The number of rotatable bonds is 5. The minimum absolute atomic E-state index is 0.407. The van der Waals surface area contributed by atoms with Gasteiger partial charge in [-0.3, -0.25) is 4.79 Å². The van der Waals surface area contributed by atoms with Gasteiger partial charge in [-0.05, 0) is 23.1 Å². The third-order valence-electron chi connectivity index (χ3n) is 2.96. The molecular weight excluding hydrogens is 238 g/mol. The van der Waals surface area contributed by atoms with E-state index in [0.717, 1.165) is 12.0 Å². The first-order valence-electron chi connectivity index (χ1n) is 6.25. The minimum atomic E-state index is -0.721. The SMILES string of the molecule is [O]CC(=O)NCc1ccccc1Cc1ccccc1. The highest BCUT2D eigenvalue weighted by Gasteiger charge is 2.05. The molecule has 3 heteroatoms. The Hall–Kier alpha value is -2.13. The van der Waals surface area contributed by atoms with Crippen LogP contribution in [0.1, 0.15) is 16.7 Å². The van der Waals surface area contributed by atoms with Gasteiger partial charge in [0.05, 0.1) is 0 Å². The molecule has 0 atom stereocenters. The van der Waals surface area contributed by atoms with E-state index < -0.39 is 12.5 Å². The van der Waals surface area contributed by atoms with Crippen molar-refractivity contribution in [2.45, 2.75) is 13.0 Å². The van der Waals surface area contributed by atoms with E-state index in [1.54, 1.807) is 0 Å². The molecule has 97 valence electrons. The summed E-state index contributed by atoms with van der Waals surface area (Å²) in [7, 11) is 0. The van der Waals surface area contributed by atoms with E-state index in [1.807, 2.05) is 42.5 Å². The van der Waals surface area contributed by atoms with Crippen molar-refractivity contribution in [3.05, 3.63) is 71.3 Å². The second-order valence-corrected chi connectivity index (χ2v) is 4.35. The molecule has 0 bridgehead atoms. The highest BCUT2D eigenvalue weighted by Crippen LogP contribution is 2.14. The lowest BCUT2D eigenvalue weighted by Crippen LogP contribution is -2.25. The molecule has 0 unspecified atom stereocenters. The maximum atomic E-state index is 11.0. The van der Waals surface area contributed by atoms with Crippen molar-refractivity contribution in [3.8, 4) is 0 Å². The average Bonchev–Trinajstić information content (AvgIpc) is 2.47. The van der Waals surface area contributed by atoms with Gasteiger partial charge in [-0.25, -0.2) is 5.11 Å². The number of carbonyl (C=O) groups excluding carboxylic acids is 1. The molecule has 3 nitrogen and oxygen atoms in total. The highest BCUT2D eigenvalue weighted by atomic mass is 16.3. The van der Waals surface area contributed by atoms with E-state index in [1.165, 1.54) is 11.1 Å². The predicted molar refractivity (Wildman–Crippen MR) is 73.1 cm³/mol. The van der Waals surface area contributed by atoms with Gasteiger partial charge in [0.15, 0.2) is 6.61 Å². The van der Waals surface area contributed by atoms with Gasteiger partial charge in [0.2, 0.25) is 5.91 Å². The molecule has 0 spiro atoms. The van der Waals surface area contributed by atoms with Gasteiger partial charge in [-0.15, -0.1) is 0 Å². The smallest absolute Gasteiger partial charge is 0.249 e. The molecule has 2 rings (SSSR count). The third-order valence-corrected chi connectivity index (χ3v) is 2.96. The van der Waals surface area contributed by atoms with E-state index in [4.69, 9.17) is 0 Å². The zero-order chi connectivity index (χ0) is 13.5. The third kappa shape index (κ3) is 3.93. The summed E-state index contributed by atoms with van der Waals surface area (Å²) in [5.74, 6) is -0.463. The first-order chi connectivity index (χ1) is 9.29. The fraction of sp³-hybridized carbons (Fsp3) is 0.188. The van der Waals surface area contributed by atoms with Gasteiger partial charge in [-0.2, -0.15) is 0 Å². The molecule has 0 heterocycles. The standard InChI is InChI=1S/C16H16NO2/c18-12-16(19)17-11-15-9-5-4-8-14(15)10-13-6-2-1-3-7-13/h1-9H,10-12H2,(H,17,19). The van der Waals surface area contributed by atoms with Crippen LogP contribution >= 0.6 is 0 Å². The summed E-state index contributed by atoms with van der Waals surface area (Å²) in [5.41, 5.74) is 3.44. The topological polar surface area (TPSA) is 49.0 Å². The first-order valence-corrected chi connectivity index (χ1v) is 6.25. The van der Waals surface area contributed by atoms with Crippen LogP contribution in [-0.4, -0.2) is 12.5 Å². The highest BCUT2D eigenvalue weighted by molar-refractivity contribution is 5.76. The maximum absolute atomic E-state index is 11.0. The number of benzene rings is 2. The van der Waals surface area contributed by atoms with Crippen molar-refractivity contribution in [3.63, 3.8) is 0 Å². The Morgan fingerprint density at radius 1 is 0.895 bits per heavy atom. The Balaban J connectivity index is 2.10. The van der Waals surface area contributed by atoms with Gasteiger partial charge in [0.1, 0.15) is 0 Å². The largest absolute Gasteiger partial charge is 0.350 e. The Morgan fingerprint density at radius 3 is 2.21 bits per heavy atom. The van der Waals surface area contributed by atoms with Crippen molar-refractivity contribution in [1.29, 1.82) is 0 Å². The monoisotopic (exact) mass is 254 g/mol. The van der Waals surface area contributed by atoms with Crippen molar-refractivity contribution >= 4 is 5.91 Å². The molecule has 0 aliphatic rings. The normalized spacial score (nSPS) is 10.2. The number of hydrogen-bond donors (Lipinski definition) is 1. The van der Waals surface area contributed by atoms with E-state index in [2.05, 4.69) is 17.4 Å². The summed E-state index contributed by atoms with van der Waals surface area (Å²) >= 11 is 0. The van der Waals surface area contributed by atoms with Gasteiger partial charge in [-0.1, -0.05) is 54.6 Å². The van der Waals surface area contributed by atoms with Gasteiger partial charge in [0.25, 0.3) is 0 Å². The molecule has 0 saturated carbocycles. The lowest BCUT2D eigenvalue weighted by Gasteiger charge is -2.10. The zero-order valence-electron chi connectivity index (χ0n) is 10.6. The Bertz CT molecular complexity index is 537. The lowest BCUT2D eigenvalue weighted by atomic mass is 10.00. The minimum Gasteiger partial charge on any atom is -0.350 e. The predicted octanol–water partition coefficient (Wildman–Crippen LogP) is 2.32. The fourth-order valence-corrected chi connectivity index (χ4v) is 1.96. The molecule has 1 amide bonds. The Kier molecular flexibility index (Phi) is 4.70. The lowest BCUT2D eigenvalue weighted by molar-refractivity contribution is -0.125. The summed E-state index contributed by atoms with van der Waals surface area (Å²) in [6, 6.07) is 18.1. The van der Waals surface area contributed by atoms with Crippen LogP contribution in [0.15, 0.2) is 54.6 Å². The van der Waals surface area contributed by atoms with Crippen LogP contribution in [0.5, 0.6) is 0 Å². The Morgan fingerprint density at radius 2 is 1.53 bits per heavy atom. The summed E-state index contributed by atoms with van der Waals surface area (Å²) in [6.45, 7) is -0.315. The van der Waals surface area contributed by atoms with Crippen LogP contribution in [-0.2, 0) is 22.9 Å². The van der Waals surface area contributed by atoms with Crippen LogP contribution in [0.4, 0.5) is 0 Å². The van der Waals surface area contributed by atoms with Crippen molar-refractivity contribution < 1.29 is 9.90 Å². The van der Waals surface area contributed by atoms with Crippen LogP contribution in [0, 0.1) is 0 Å². The molecule has 0 fully saturated rings. The van der Waals surface area contributed by atoms with Gasteiger partial charge < -0.3 is 5.32 Å². The summed E-state index contributed by atoms with van der Waals surface area (Å²) in [5, 5.41) is 13.0. The molecule has 19 heavy (non-hydrogen) atoms. The zero-order valence-corrected chi connectivity index (χ0v) is 10.6. The first kappa shape index (κ1) is 13.3. The van der Waals surface area contributed by atoms with Gasteiger partial charge in [0, 0.05) is 6.54 Å². The summed E-state index contributed by atoms with van der Waals surface area (Å²) in [6.07, 6.45) is 0.824. The molecule has 0 saturated heterocycles.